The second-order valence-corrected chi connectivity index (χ2v) is 6.57. The average molecular weight is 378 g/mol. The average Bonchev–Trinajstić information content (AvgIpc) is 2.94. The molecule has 8 heteroatoms. The van der Waals surface area contributed by atoms with E-state index in [0.29, 0.717) is 25.5 Å². The van der Waals surface area contributed by atoms with Gasteiger partial charge in [-0.05, 0) is 44.9 Å². The van der Waals surface area contributed by atoms with Crippen molar-refractivity contribution in [2.24, 2.45) is 7.05 Å². The molecule has 0 atom stereocenters. The Hall–Kier alpha value is -2.22. The van der Waals surface area contributed by atoms with Crippen LogP contribution >= 0.6 is 11.8 Å². The van der Waals surface area contributed by atoms with Crippen LogP contribution in [0.1, 0.15) is 25.2 Å². The Morgan fingerprint density at radius 2 is 1.92 bits per heavy atom. The third-order valence-corrected chi connectivity index (χ3v) is 4.75. The molecule has 26 heavy (non-hydrogen) atoms. The van der Waals surface area contributed by atoms with Crippen LogP contribution in [-0.2, 0) is 18.3 Å². The van der Waals surface area contributed by atoms with Gasteiger partial charge in [0, 0.05) is 13.6 Å². The number of ether oxygens (including phenoxy) is 2. The van der Waals surface area contributed by atoms with Crippen LogP contribution in [0.4, 0.5) is 0 Å². The van der Waals surface area contributed by atoms with Crippen molar-refractivity contribution in [1.82, 2.24) is 20.1 Å². The van der Waals surface area contributed by atoms with E-state index in [-0.39, 0.29) is 5.91 Å². The van der Waals surface area contributed by atoms with Crippen LogP contribution in [0.5, 0.6) is 11.5 Å². The standard InChI is InChI=1S/C18H26N4O3S/c1-5-24-15-8-7-14(11-16(15)25-6-2)9-10-19-17(23)12-26-18-21-20-13(3)22(18)4/h7-8,11H,5-6,9-10,12H2,1-4H3,(H,19,23). The number of rotatable bonds is 10. The third kappa shape index (κ3) is 5.66. The van der Waals surface area contributed by atoms with Crippen LogP contribution < -0.4 is 14.8 Å². The summed E-state index contributed by atoms with van der Waals surface area (Å²) in [6, 6.07) is 5.88. The van der Waals surface area contributed by atoms with Crippen LogP contribution in [0.2, 0.25) is 0 Å². The van der Waals surface area contributed by atoms with Gasteiger partial charge in [0.1, 0.15) is 5.82 Å². The molecule has 0 radical (unpaired) electrons. The summed E-state index contributed by atoms with van der Waals surface area (Å²) in [6.07, 6.45) is 0.728. The highest BCUT2D eigenvalue weighted by molar-refractivity contribution is 7.99. The van der Waals surface area contributed by atoms with Gasteiger partial charge in [0.2, 0.25) is 5.91 Å². The predicted molar refractivity (Wildman–Crippen MR) is 102 cm³/mol. The molecule has 0 aliphatic heterocycles. The highest BCUT2D eigenvalue weighted by Gasteiger charge is 2.10. The number of aromatic nitrogens is 3. The topological polar surface area (TPSA) is 78.3 Å². The van der Waals surface area contributed by atoms with E-state index in [1.165, 1.54) is 11.8 Å². The Morgan fingerprint density at radius 3 is 2.58 bits per heavy atom. The summed E-state index contributed by atoms with van der Waals surface area (Å²) in [4.78, 5) is 12.0. The van der Waals surface area contributed by atoms with Crippen molar-refractivity contribution in [2.75, 3.05) is 25.5 Å². The van der Waals surface area contributed by atoms with Gasteiger partial charge >= 0.3 is 0 Å². The van der Waals surface area contributed by atoms with Gasteiger partial charge in [-0.3, -0.25) is 4.79 Å². The molecule has 2 rings (SSSR count). The Balaban J connectivity index is 1.80. The summed E-state index contributed by atoms with van der Waals surface area (Å²) in [6.45, 7) is 7.51. The van der Waals surface area contributed by atoms with E-state index in [1.807, 2.05) is 50.6 Å². The minimum atomic E-state index is -0.0216. The van der Waals surface area contributed by atoms with Crippen molar-refractivity contribution >= 4 is 17.7 Å². The number of amides is 1. The largest absolute Gasteiger partial charge is 0.490 e. The lowest BCUT2D eigenvalue weighted by molar-refractivity contribution is -0.118. The van der Waals surface area contributed by atoms with Crippen molar-refractivity contribution in [3.05, 3.63) is 29.6 Å². The van der Waals surface area contributed by atoms with E-state index in [1.54, 1.807) is 0 Å². The molecule has 7 nitrogen and oxygen atoms in total. The molecule has 1 heterocycles. The van der Waals surface area contributed by atoms with Crippen molar-refractivity contribution < 1.29 is 14.3 Å². The van der Waals surface area contributed by atoms with Gasteiger partial charge in [0.15, 0.2) is 16.7 Å². The summed E-state index contributed by atoms with van der Waals surface area (Å²) in [5, 5.41) is 11.7. The Bertz CT molecular complexity index is 733. The van der Waals surface area contributed by atoms with E-state index in [4.69, 9.17) is 9.47 Å². The molecule has 0 bridgehead atoms. The zero-order chi connectivity index (χ0) is 18.9. The van der Waals surface area contributed by atoms with Gasteiger partial charge in [-0.1, -0.05) is 17.8 Å². The summed E-state index contributed by atoms with van der Waals surface area (Å²) in [5.41, 5.74) is 1.09. The first-order valence-electron chi connectivity index (χ1n) is 8.69. The zero-order valence-electron chi connectivity index (χ0n) is 15.7. The van der Waals surface area contributed by atoms with Crippen LogP contribution in [0, 0.1) is 6.92 Å². The van der Waals surface area contributed by atoms with Crippen LogP contribution in [-0.4, -0.2) is 46.2 Å². The molecule has 1 amide bonds. The number of thioether (sulfide) groups is 1. The molecular weight excluding hydrogens is 352 g/mol. The van der Waals surface area contributed by atoms with E-state index < -0.39 is 0 Å². The number of aryl methyl sites for hydroxylation is 1. The quantitative estimate of drug-likeness (QED) is 0.640. The van der Waals surface area contributed by atoms with Gasteiger partial charge in [0.25, 0.3) is 0 Å². The van der Waals surface area contributed by atoms with Crippen molar-refractivity contribution in [3.63, 3.8) is 0 Å². The molecule has 1 aromatic heterocycles. The lowest BCUT2D eigenvalue weighted by atomic mass is 10.1. The van der Waals surface area contributed by atoms with E-state index in [2.05, 4.69) is 15.5 Å². The molecular formula is C18H26N4O3S. The Kier molecular flexibility index (Phi) is 7.77. The predicted octanol–water partition coefficient (Wildman–Crippen LogP) is 2.37. The maximum Gasteiger partial charge on any atom is 0.230 e. The van der Waals surface area contributed by atoms with Crippen LogP contribution in [0.15, 0.2) is 23.4 Å². The normalized spacial score (nSPS) is 10.6. The smallest absolute Gasteiger partial charge is 0.230 e. The van der Waals surface area contributed by atoms with Gasteiger partial charge in [0.05, 0.1) is 19.0 Å². The minimum Gasteiger partial charge on any atom is -0.490 e. The van der Waals surface area contributed by atoms with Crippen molar-refractivity contribution in [3.8, 4) is 11.5 Å². The second kappa shape index (κ2) is 10.1. The molecule has 0 spiro atoms. The molecule has 1 N–H and O–H groups in total. The molecule has 0 fully saturated rings. The third-order valence-electron chi connectivity index (χ3n) is 3.73. The lowest BCUT2D eigenvalue weighted by Crippen LogP contribution is -2.27. The maximum absolute atomic E-state index is 12.0. The second-order valence-electron chi connectivity index (χ2n) is 5.62. The zero-order valence-corrected chi connectivity index (χ0v) is 16.6. The van der Waals surface area contributed by atoms with Crippen molar-refractivity contribution in [1.29, 1.82) is 0 Å². The van der Waals surface area contributed by atoms with E-state index >= 15 is 0 Å². The van der Waals surface area contributed by atoms with Gasteiger partial charge in [-0.2, -0.15) is 0 Å². The molecule has 1 aromatic carbocycles. The van der Waals surface area contributed by atoms with Crippen LogP contribution in [0.3, 0.4) is 0 Å². The first kappa shape index (κ1) is 20.1. The number of carbonyl (C=O) groups is 1. The molecule has 0 aliphatic carbocycles. The monoisotopic (exact) mass is 378 g/mol. The number of nitrogens with one attached hydrogen (secondary N) is 1. The summed E-state index contributed by atoms with van der Waals surface area (Å²) in [5.74, 6) is 2.61. The van der Waals surface area contributed by atoms with Crippen molar-refractivity contribution in [2.45, 2.75) is 32.3 Å². The molecule has 2 aromatic rings. The van der Waals surface area contributed by atoms with E-state index in [0.717, 1.165) is 34.5 Å². The molecule has 0 saturated carbocycles. The first-order valence-corrected chi connectivity index (χ1v) is 9.67. The minimum absolute atomic E-state index is 0.0216. The van der Waals surface area contributed by atoms with Gasteiger partial charge in [-0.15, -0.1) is 10.2 Å². The molecule has 0 unspecified atom stereocenters. The SMILES string of the molecule is CCOc1ccc(CCNC(=O)CSc2nnc(C)n2C)cc1OCC. The summed E-state index contributed by atoms with van der Waals surface area (Å²) >= 11 is 1.38. The van der Waals surface area contributed by atoms with Gasteiger partial charge in [-0.25, -0.2) is 0 Å². The molecule has 0 saturated heterocycles. The number of hydrogen-bond acceptors (Lipinski definition) is 6. The molecule has 0 aliphatic rings. The summed E-state index contributed by atoms with van der Waals surface area (Å²) < 4.78 is 13.1. The highest BCUT2D eigenvalue weighted by atomic mass is 32.2. The molecule has 142 valence electrons. The lowest BCUT2D eigenvalue weighted by Gasteiger charge is -2.12. The number of benzene rings is 1. The summed E-state index contributed by atoms with van der Waals surface area (Å²) in [7, 11) is 1.89. The fourth-order valence-electron chi connectivity index (χ4n) is 2.29. The number of carbonyl (C=O) groups excluding carboxylic acids is 1. The first-order chi connectivity index (χ1) is 12.5. The fraction of sp³-hybridized carbons (Fsp3) is 0.500. The van der Waals surface area contributed by atoms with Crippen LogP contribution in [0.25, 0.3) is 0 Å². The maximum atomic E-state index is 12.0. The number of hydrogen-bond donors (Lipinski definition) is 1. The van der Waals surface area contributed by atoms with E-state index in [9.17, 15) is 4.79 Å². The highest BCUT2D eigenvalue weighted by Crippen LogP contribution is 2.28. The van der Waals surface area contributed by atoms with Gasteiger partial charge < -0.3 is 19.4 Å². The Morgan fingerprint density at radius 1 is 1.19 bits per heavy atom. The number of nitrogens with zero attached hydrogens (tertiary/aromatic N) is 3. The fourth-order valence-corrected chi connectivity index (χ4v) is 3.08. The Labute approximate surface area is 158 Å².